The van der Waals surface area contributed by atoms with Crippen LogP contribution in [0.2, 0.25) is 0 Å². The number of rotatable bonds is 4. The summed E-state index contributed by atoms with van der Waals surface area (Å²) < 4.78 is 5.33. The summed E-state index contributed by atoms with van der Waals surface area (Å²) in [4.78, 5) is 13.2. The van der Waals surface area contributed by atoms with Gasteiger partial charge >= 0.3 is 5.97 Å². The second kappa shape index (κ2) is 5.31. The van der Waals surface area contributed by atoms with Crippen molar-refractivity contribution in [1.82, 2.24) is 4.90 Å². The number of carboxylic acids is 1. The van der Waals surface area contributed by atoms with Gasteiger partial charge in [-0.3, -0.25) is 9.69 Å². The van der Waals surface area contributed by atoms with Crippen molar-refractivity contribution in [2.45, 2.75) is 18.9 Å². The molecule has 1 saturated carbocycles. The van der Waals surface area contributed by atoms with Crippen LogP contribution in [0.3, 0.4) is 0 Å². The number of hydrogen-bond acceptors (Lipinski definition) is 3. The molecule has 0 bridgehead atoms. The molecule has 2 aliphatic rings. The van der Waals surface area contributed by atoms with Crippen LogP contribution in [0.1, 0.15) is 23.5 Å². The van der Waals surface area contributed by atoms with Crippen LogP contribution in [0, 0.1) is 5.92 Å². The van der Waals surface area contributed by atoms with E-state index in [-0.39, 0.29) is 11.8 Å². The number of ether oxygens (including phenoxy) is 1. The van der Waals surface area contributed by atoms with Crippen molar-refractivity contribution in [3.05, 3.63) is 35.4 Å². The average molecular weight is 261 g/mol. The Hall–Kier alpha value is -1.39. The molecule has 102 valence electrons. The zero-order valence-corrected chi connectivity index (χ0v) is 10.9. The van der Waals surface area contributed by atoms with Gasteiger partial charge in [0, 0.05) is 19.6 Å². The van der Waals surface area contributed by atoms with Gasteiger partial charge in [-0.1, -0.05) is 24.3 Å². The predicted molar refractivity (Wildman–Crippen MR) is 71.0 cm³/mol. The Morgan fingerprint density at radius 1 is 1.26 bits per heavy atom. The van der Waals surface area contributed by atoms with Crippen LogP contribution in [0.25, 0.3) is 0 Å². The Kier molecular flexibility index (Phi) is 3.53. The molecule has 2 fully saturated rings. The van der Waals surface area contributed by atoms with E-state index in [0.717, 1.165) is 44.8 Å². The molecule has 0 amide bonds. The number of nitrogens with zero attached hydrogens (tertiary/aromatic N) is 1. The number of carbonyl (C=O) groups is 1. The van der Waals surface area contributed by atoms with E-state index in [4.69, 9.17) is 9.84 Å². The highest BCUT2D eigenvalue weighted by Crippen LogP contribution is 2.47. The Morgan fingerprint density at radius 3 is 2.53 bits per heavy atom. The Morgan fingerprint density at radius 2 is 1.95 bits per heavy atom. The van der Waals surface area contributed by atoms with E-state index in [0.29, 0.717) is 0 Å². The van der Waals surface area contributed by atoms with Gasteiger partial charge in [-0.15, -0.1) is 0 Å². The van der Waals surface area contributed by atoms with E-state index in [2.05, 4.69) is 29.2 Å². The lowest BCUT2D eigenvalue weighted by molar-refractivity contribution is -0.138. The molecule has 1 saturated heterocycles. The van der Waals surface area contributed by atoms with E-state index in [9.17, 15) is 4.79 Å². The maximum atomic E-state index is 10.9. The van der Waals surface area contributed by atoms with Crippen molar-refractivity contribution in [2.24, 2.45) is 5.92 Å². The van der Waals surface area contributed by atoms with Crippen molar-refractivity contribution in [3.63, 3.8) is 0 Å². The molecule has 2 atom stereocenters. The van der Waals surface area contributed by atoms with Gasteiger partial charge in [-0.25, -0.2) is 0 Å². The normalized spacial score (nSPS) is 27.2. The van der Waals surface area contributed by atoms with Crippen LogP contribution >= 0.6 is 0 Å². The molecule has 4 heteroatoms. The molecule has 1 N–H and O–H groups in total. The SMILES string of the molecule is O=C(O)C1CC1c1ccc(CN2CCOCC2)cc1. The number of carboxylic acid groups (broad SMARTS) is 1. The Balaban J connectivity index is 1.58. The Labute approximate surface area is 113 Å². The quantitative estimate of drug-likeness (QED) is 0.896. The molecule has 2 unspecified atom stereocenters. The zero-order valence-electron chi connectivity index (χ0n) is 10.9. The monoisotopic (exact) mass is 261 g/mol. The summed E-state index contributed by atoms with van der Waals surface area (Å²) in [6.07, 6.45) is 0.790. The third kappa shape index (κ3) is 2.96. The van der Waals surface area contributed by atoms with Gasteiger partial charge in [0.1, 0.15) is 0 Å². The lowest BCUT2D eigenvalue weighted by atomic mass is 10.1. The van der Waals surface area contributed by atoms with Crippen LogP contribution in [0.4, 0.5) is 0 Å². The molecule has 1 aromatic carbocycles. The Bertz CT molecular complexity index is 451. The van der Waals surface area contributed by atoms with Gasteiger partial charge in [0.15, 0.2) is 0 Å². The first kappa shape index (κ1) is 12.6. The van der Waals surface area contributed by atoms with E-state index < -0.39 is 5.97 Å². The van der Waals surface area contributed by atoms with E-state index in [1.165, 1.54) is 5.56 Å². The molecular weight excluding hydrogens is 242 g/mol. The van der Waals surface area contributed by atoms with Crippen LogP contribution in [0.15, 0.2) is 24.3 Å². The second-order valence-corrected chi connectivity index (χ2v) is 5.42. The van der Waals surface area contributed by atoms with E-state index >= 15 is 0 Å². The maximum Gasteiger partial charge on any atom is 0.307 e. The number of benzene rings is 1. The number of aliphatic carboxylic acids is 1. The fourth-order valence-electron chi connectivity index (χ4n) is 2.72. The fourth-order valence-corrected chi connectivity index (χ4v) is 2.72. The molecule has 4 nitrogen and oxygen atoms in total. The molecule has 19 heavy (non-hydrogen) atoms. The van der Waals surface area contributed by atoms with Crippen molar-refractivity contribution >= 4 is 5.97 Å². The first-order valence-electron chi connectivity index (χ1n) is 6.86. The lowest BCUT2D eigenvalue weighted by Gasteiger charge is -2.26. The van der Waals surface area contributed by atoms with Crippen molar-refractivity contribution in [2.75, 3.05) is 26.3 Å². The summed E-state index contributed by atoms with van der Waals surface area (Å²) in [6.45, 7) is 4.58. The number of hydrogen-bond donors (Lipinski definition) is 1. The van der Waals surface area contributed by atoms with Crippen molar-refractivity contribution in [1.29, 1.82) is 0 Å². The van der Waals surface area contributed by atoms with Gasteiger partial charge < -0.3 is 9.84 Å². The molecule has 3 rings (SSSR count). The molecule has 0 aromatic heterocycles. The third-order valence-electron chi connectivity index (χ3n) is 4.03. The standard InChI is InChI=1S/C15H19NO3/c17-15(18)14-9-13(14)12-3-1-11(2-4-12)10-16-5-7-19-8-6-16/h1-4,13-14H,5-10H2,(H,17,18). The largest absolute Gasteiger partial charge is 0.481 e. The molecule has 1 heterocycles. The van der Waals surface area contributed by atoms with E-state index in [1.54, 1.807) is 0 Å². The summed E-state index contributed by atoms with van der Waals surface area (Å²) in [6, 6.07) is 8.43. The minimum absolute atomic E-state index is 0.162. The highest BCUT2D eigenvalue weighted by atomic mass is 16.5. The topological polar surface area (TPSA) is 49.8 Å². The first-order valence-corrected chi connectivity index (χ1v) is 6.86. The minimum Gasteiger partial charge on any atom is -0.481 e. The molecular formula is C15H19NO3. The predicted octanol–water partition coefficient (Wildman–Crippen LogP) is 1.71. The summed E-state index contributed by atoms with van der Waals surface area (Å²) >= 11 is 0. The average Bonchev–Trinajstić information content (AvgIpc) is 3.21. The maximum absolute atomic E-state index is 10.9. The molecule has 0 radical (unpaired) electrons. The highest BCUT2D eigenvalue weighted by molar-refractivity contribution is 5.75. The fraction of sp³-hybridized carbons (Fsp3) is 0.533. The minimum atomic E-state index is -0.664. The summed E-state index contributed by atoms with van der Waals surface area (Å²) in [5.41, 5.74) is 2.45. The smallest absolute Gasteiger partial charge is 0.307 e. The summed E-state index contributed by atoms with van der Waals surface area (Å²) in [5, 5.41) is 8.94. The van der Waals surface area contributed by atoms with Crippen LogP contribution in [-0.2, 0) is 16.1 Å². The molecule has 1 aliphatic heterocycles. The third-order valence-corrected chi connectivity index (χ3v) is 4.03. The molecule has 0 spiro atoms. The summed E-state index contributed by atoms with van der Waals surface area (Å²) in [7, 11) is 0. The van der Waals surface area contributed by atoms with Crippen molar-refractivity contribution < 1.29 is 14.6 Å². The lowest BCUT2D eigenvalue weighted by Crippen LogP contribution is -2.35. The highest BCUT2D eigenvalue weighted by Gasteiger charge is 2.43. The van der Waals surface area contributed by atoms with Crippen molar-refractivity contribution in [3.8, 4) is 0 Å². The van der Waals surface area contributed by atoms with Gasteiger partial charge in [0.25, 0.3) is 0 Å². The van der Waals surface area contributed by atoms with Crippen LogP contribution in [-0.4, -0.2) is 42.3 Å². The van der Waals surface area contributed by atoms with Crippen LogP contribution in [0.5, 0.6) is 0 Å². The second-order valence-electron chi connectivity index (χ2n) is 5.42. The van der Waals surface area contributed by atoms with E-state index in [1.807, 2.05) is 0 Å². The van der Waals surface area contributed by atoms with Gasteiger partial charge in [0.2, 0.25) is 0 Å². The van der Waals surface area contributed by atoms with Gasteiger partial charge in [0.05, 0.1) is 19.1 Å². The first-order chi connectivity index (χ1) is 9.24. The van der Waals surface area contributed by atoms with Crippen LogP contribution < -0.4 is 0 Å². The molecule has 1 aromatic rings. The van der Waals surface area contributed by atoms with Gasteiger partial charge in [-0.2, -0.15) is 0 Å². The van der Waals surface area contributed by atoms with Gasteiger partial charge in [-0.05, 0) is 23.5 Å². The molecule has 1 aliphatic carbocycles. The number of morpholine rings is 1. The summed E-state index contributed by atoms with van der Waals surface area (Å²) in [5.74, 6) is -0.595. The zero-order chi connectivity index (χ0) is 13.2.